The molecule has 11 nitrogen and oxygen atoms in total. The van der Waals surface area contributed by atoms with E-state index in [0.717, 1.165) is 0 Å². The first-order valence-corrected chi connectivity index (χ1v) is 12.0. The van der Waals surface area contributed by atoms with Gasteiger partial charge in [-0.1, -0.05) is 11.8 Å². The van der Waals surface area contributed by atoms with Crippen molar-refractivity contribution in [2.75, 3.05) is 18.0 Å². The molecule has 0 saturated carbocycles. The summed E-state index contributed by atoms with van der Waals surface area (Å²) in [5.41, 5.74) is 11.7. The number of anilines is 2. The van der Waals surface area contributed by atoms with Gasteiger partial charge in [0.2, 0.25) is 5.95 Å². The molecule has 1 aromatic heterocycles. The standard InChI is InChI=1S/C27H29FN6O5/c1-27(2,3)39-26(38)31-14-4-5-19(24(36)37)32-23(35)17-10-7-15(8-11-17)6-9-16-12-13-18-20(21(16)28)22(29)34-25(30)33-18/h7-8,10-13,19H,4-5,14H2,1-3H3,(H,31,38)(H,32,35)(H,36,37)(H4,29,30,33,34)/t19-/m0/s1. The fraction of sp³-hybridized carbons (Fsp3) is 0.296. The van der Waals surface area contributed by atoms with Crippen LogP contribution in [0.3, 0.4) is 0 Å². The third-order valence-corrected chi connectivity index (χ3v) is 5.28. The van der Waals surface area contributed by atoms with Crippen molar-refractivity contribution >= 4 is 40.6 Å². The first kappa shape index (κ1) is 28.6. The quantitative estimate of drug-likeness (QED) is 0.224. The van der Waals surface area contributed by atoms with Gasteiger partial charge >= 0.3 is 12.1 Å². The summed E-state index contributed by atoms with van der Waals surface area (Å²) in [6, 6.07) is 7.91. The number of hydrogen-bond acceptors (Lipinski definition) is 8. The third-order valence-electron chi connectivity index (χ3n) is 5.28. The predicted molar refractivity (Wildman–Crippen MR) is 143 cm³/mol. The molecule has 12 heteroatoms. The van der Waals surface area contributed by atoms with E-state index in [1.165, 1.54) is 24.3 Å². The fourth-order valence-corrected chi connectivity index (χ4v) is 3.48. The summed E-state index contributed by atoms with van der Waals surface area (Å²) >= 11 is 0. The molecule has 3 aromatic rings. The Hall–Kier alpha value is -4.92. The summed E-state index contributed by atoms with van der Waals surface area (Å²) in [7, 11) is 0. The van der Waals surface area contributed by atoms with Crippen molar-refractivity contribution in [3.63, 3.8) is 0 Å². The molecule has 39 heavy (non-hydrogen) atoms. The highest BCUT2D eigenvalue weighted by molar-refractivity contribution is 5.96. The summed E-state index contributed by atoms with van der Waals surface area (Å²) in [6.07, 6.45) is -0.199. The van der Waals surface area contributed by atoms with Gasteiger partial charge in [-0.2, -0.15) is 4.98 Å². The van der Waals surface area contributed by atoms with Crippen LogP contribution in [0, 0.1) is 17.7 Å². The van der Waals surface area contributed by atoms with Crippen molar-refractivity contribution in [1.29, 1.82) is 0 Å². The highest BCUT2D eigenvalue weighted by atomic mass is 19.1. The molecule has 1 atom stereocenters. The Morgan fingerprint density at radius 2 is 1.77 bits per heavy atom. The van der Waals surface area contributed by atoms with Crippen molar-refractivity contribution in [3.05, 3.63) is 58.9 Å². The number of carbonyl (C=O) groups is 3. The molecule has 0 radical (unpaired) electrons. The minimum atomic E-state index is -1.20. The summed E-state index contributed by atoms with van der Waals surface area (Å²) in [5.74, 6) is 2.93. The van der Waals surface area contributed by atoms with Gasteiger partial charge in [0.1, 0.15) is 17.5 Å². The van der Waals surface area contributed by atoms with Gasteiger partial charge in [0.15, 0.2) is 5.82 Å². The number of amides is 2. The van der Waals surface area contributed by atoms with Crippen LogP contribution in [0.25, 0.3) is 10.9 Å². The number of carbonyl (C=O) groups excluding carboxylic acids is 2. The lowest BCUT2D eigenvalue weighted by Gasteiger charge is -2.20. The number of ether oxygens (including phenoxy) is 1. The van der Waals surface area contributed by atoms with Gasteiger partial charge in [0.25, 0.3) is 5.91 Å². The van der Waals surface area contributed by atoms with Crippen LogP contribution in [0.4, 0.5) is 21.0 Å². The number of fused-ring (bicyclic) bond motifs is 1. The number of nitrogen functional groups attached to an aromatic ring is 2. The molecule has 0 saturated heterocycles. The van der Waals surface area contributed by atoms with Gasteiger partial charge in [-0.05, 0) is 70.0 Å². The van der Waals surface area contributed by atoms with Gasteiger partial charge < -0.3 is 31.9 Å². The Morgan fingerprint density at radius 3 is 2.41 bits per heavy atom. The molecule has 2 aromatic carbocycles. The summed E-state index contributed by atoms with van der Waals surface area (Å²) < 4.78 is 20.0. The first-order chi connectivity index (χ1) is 18.3. The molecule has 0 bridgehead atoms. The molecule has 0 aliphatic rings. The molecule has 3 rings (SSSR count). The van der Waals surface area contributed by atoms with Gasteiger partial charge in [-0.15, -0.1) is 0 Å². The van der Waals surface area contributed by atoms with Crippen LogP contribution in [0.2, 0.25) is 0 Å². The van der Waals surface area contributed by atoms with Crippen LogP contribution in [-0.4, -0.2) is 51.2 Å². The number of alkyl carbamates (subject to hydrolysis) is 1. The van der Waals surface area contributed by atoms with Crippen LogP contribution in [0.5, 0.6) is 0 Å². The zero-order valence-electron chi connectivity index (χ0n) is 21.7. The van der Waals surface area contributed by atoms with E-state index in [1.54, 1.807) is 32.9 Å². The number of hydrogen-bond donors (Lipinski definition) is 5. The van der Waals surface area contributed by atoms with Crippen LogP contribution in [0.15, 0.2) is 36.4 Å². The third kappa shape index (κ3) is 8.03. The number of benzene rings is 2. The van der Waals surface area contributed by atoms with Gasteiger partial charge in [-0.25, -0.2) is 19.0 Å². The summed E-state index contributed by atoms with van der Waals surface area (Å²) in [6.45, 7) is 5.38. The maximum absolute atomic E-state index is 14.9. The SMILES string of the molecule is CC(C)(C)OC(=O)NCCC[C@H](NC(=O)c1ccc(C#Cc2ccc3nc(N)nc(N)c3c2F)cc1)C(=O)O. The second-order valence-electron chi connectivity index (χ2n) is 9.55. The number of nitrogens with one attached hydrogen (secondary N) is 2. The maximum atomic E-state index is 14.9. The molecular weight excluding hydrogens is 507 g/mol. The van der Waals surface area contributed by atoms with Crippen LogP contribution < -0.4 is 22.1 Å². The number of carboxylic acids is 1. The molecule has 0 spiro atoms. The Kier molecular flexibility index (Phi) is 8.88. The summed E-state index contributed by atoms with van der Waals surface area (Å²) in [4.78, 5) is 43.6. The van der Waals surface area contributed by atoms with E-state index in [1.807, 2.05) is 0 Å². The highest BCUT2D eigenvalue weighted by Gasteiger charge is 2.21. The minimum absolute atomic E-state index is 0.0247. The van der Waals surface area contributed by atoms with Crippen LogP contribution in [0.1, 0.15) is 55.1 Å². The fourth-order valence-electron chi connectivity index (χ4n) is 3.48. The van der Waals surface area contributed by atoms with Gasteiger partial charge in [0, 0.05) is 17.7 Å². The smallest absolute Gasteiger partial charge is 0.407 e. The van der Waals surface area contributed by atoms with Crippen LogP contribution in [-0.2, 0) is 9.53 Å². The second-order valence-corrected chi connectivity index (χ2v) is 9.55. The lowest BCUT2D eigenvalue weighted by Crippen LogP contribution is -2.41. The lowest BCUT2D eigenvalue weighted by molar-refractivity contribution is -0.139. The monoisotopic (exact) mass is 536 g/mol. The van der Waals surface area contributed by atoms with Crippen molar-refractivity contribution in [2.45, 2.75) is 45.3 Å². The maximum Gasteiger partial charge on any atom is 0.407 e. The van der Waals surface area contributed by atoms with E-state index >= 15 is 0 Å². The second kappa shape index (κ2) is 12.1. The zero-order chi connectivity index (χ0) is 28.7. The molecule has 0 unspecified atom stereocenters. The number of aliphatic carboxylic acids is 1. The van der Waals surface area contributed by atoms with E-state index in [0.29, 0.717) is 12.0 Å². The normalized spacial score (nSPS) is 11.7. The van der Waals surface area contributed by atoms with Gasteiger partial charge in [-0.3, -0.25) is 4.79 Å². The van der Waals surface area contributed by atoms with Crippen molar-refractivity contribution in [1.82, 2.24) is 20.6 Å². The molecule has 0 aliphatic heterocycles. The number of halogens is 1. The zero-order valence-corrected chi connectivity index (χ0v) is 21.7. The number of rotatable bonds is 7. The largest absolute Gasteiger partial charge is 0.480 e. The van der Waals surface area contributed by atoms with E-state index in [9.17, 15) is 23.9 Å². The van der Waals surface area contributed by atoms with Crippen molar-refractivity contribution in [2.24, 2.45) is 0 Å². The number of aromatic nitrogens is 2. The molecule has 204 valence electrons. The number of nitrogens with zero attached hydrogens (tertiary/aromatic N) is 2. The molecule has 7 N–H and O–H groups in total. The van der Waals surface area contributed by atoms with E-state index in [-0.39, 0.29) is 46.8 Å². The minimum Gasteiger partial charge on any atom is -0.480 e. The topological polar surface area (TPSA) is 183 Å². The molecule has 0 fully saturated rings. The molecular formula is C27H29FN6O5. The van der Waals surface area contributed by atoms with Crippen molar-refractivity contribution in [3.8, 4) is 11.8 Å². The van der Waals surface area contributed by atoms with E-state index < -0.39 is 35.4 Å². The Morgan fingerprint density at radius 1 is 1.08 bits per heavy atom. The Bertz CT molecular complexity index is 1460. The van der Waals surface area contributed by atoms with Crippen molar-refractivity contribution < 1.29 is 28.6 Å². The first-order valence-electron chi connectivity index (χ1n) is 12.0. The van der Waals surface area contributed by atoms with E-state index in [4.69, 9.17) is 16.2 Å². The molecule has 1 heterocycles. The van der Waals surface area contributed by atoms with Gasteiger partial charge in [0.05, 0.1) is 16.5 Å². The molecule has 2 amide bonds. The number of carboxylic acid groups (broad SMARTS) is 1. The average molecular weight is 537 g/mol. The lowest BCUT2D eigenvalue weighted by atomic mass is 10.1. The predicted octanol–water partition coefficient (Wildman–Crippen LogP) is 2.82. The van der Waals surface area contributed by atoms with Crippen LogP contribution >= 0.6 is 0 Å². The number of nitrogens with two attached hydrogens (primary N) is 2. The Balaban J connectivity index is 1.61. The molecule has 0 aliphatic carbocycles. The Labute approximate surface area is 224 Å². The summed E-state index contributed by atoms with van der Waals surface area (Å²) in [5, 5.41) is 14.5. The highest BCUT2D eigenvalue weighted by Crippen LogP contribution is 2.24. The van der Waals surface area contributed by atoms with E-state index in [2.05, 4.69) is 32.4 Å². The average Bonchev–Trinajstić information content (AvgIpc) is 2.84.